The number of nitrogens with one attached hydrogen (secondary N) is 1. The maximum absolute atomic E-state index is 14.3. The molecule has 168 valence electrons. The molecule has 0 saturated heterocycles. The second-order valence-electron chi connectivity index (χ2n) is 6.78. The average Bonchev–Trinajstić information content (AvgIpc) is 2.74. The zero-order valence-corrected chi connectivity index (χ0v) is 20.1. The molecule has 8 nitrogen and oxygen atoms in total. The molecule has 3 aromatic carbocycles. The number of hydrogen-bond acceptors (Lipinski definition) is 5. The van der Waals surface area contributed by atoms with E-state index < -0.39 is 21.9 Å². The molecular weight excluding hydrogens is 550 g/mol. The zero-order valence-electron chi connectivity index (χ0n) is 17.1. The van der Waals surface area contributed by atoms with E-state index in [1.54, 1.807) is 48.5 Å². The van der Waals surface area contributed by atoms with Crippen molar-refractivity contribution in [1.29, 1.82) is 0 Å². The lowest BCUT2D eigenvalue weighted by Crippen LogP contribution is -2.29. The molecule has 3 N–H and O–H groups in total. The van der Waals surface area contributed by atoms with E-state index >= 15 is 0 Å². The minimum Gasteiger partial charge on any atom is -0.375 e. The van der Waals surface area contributed by atoms with Crippen LogP contribution < -0.4 is 20.4 Å². The summed E-state index contributed by atoms with van der Waals surface area (Å²) in [4.78, 5) is 18.0. The van der Waals surface area contributed by atoms with Crippen LogP contribution in [0.2, 0.25) is 0 Å². The highest BCUT2D eigenvalue weighted by Gasteiger charge is 2.20. The van der Waals surface area contributed by atoms with Crippen molar-refractivity contribution in [2.45, 2.75) is 0 Å². The number of primary amides is 1. The van der Waals surface area contributed by atoms with Gasteiger partial charge in [0.1, 0.15) is 5.82 Å². The third-order valence-corrected chi connectivity index (χ3v) is 6.61. The smallest absolute Gasteiger partial charge is 0.301 e. The molecule has 0 unspecified atom stereocenters. The molecule has 0 saturated carbocycles. The number of nitrogens with two attached hydrogens (primary N) is 1. The third-order valence-electron chi connectivity index (χ3n) is 4.28. The van der Waals surface area contributed by atoms with Gasteiger partial charge in [0, 0.05) is 29.8 Å². The molecule has 0 aliphatic heterocycles. The van der Waals surface area contributed by atoms with E-state index in [9.17, 15) is 17.6 Å². The Kier molecular flexibility index (Phi) is 7.21. The minimum atomic E-state index is -3.73. The molecule has 32 heavy (non-hydrogen) atoms. The number of nitrogens with zero attached hydrogens (tertiary/aromatic N) is 2. The molecule has 0 atom stereocenters. The number of anilines is 3. The van der Waals surface area contributed by atoms with Gasteiger partial charge in [0.25, 0.3) is 5.91 Å². The largest absolute Gasteiger partial charge is 0.375 e. The molecule has 0 aliphatic rings. The van der Waals surface area contributed by atoms with Crippen molar-refractivity contribution in [3.63, 3.8) is 0 Å². The lowest BCUT2D eigenvalue weighted by Gasteiger charge is -2.26. The standard InChI is InChI=1S/C21H20FIN4O4S/c1-26(2)32(29,30)25-14-6-5-7-16(12-14)31-27(15-10-11-19(23)18(22)13-15)20-9-4-3-8-17(20)21(24)28/h3-13,25H,1-2H3,(H2,24,28). The summed E-state index contributed by atoms with van der Waals surface area (Å²) in [6, 6.07) is 17.1. The molecule has 0 heterocycles. The van der Waals surface area contributed by atoms with Gasteiger partial charge in [-0.15, -0.1) is 0 Å². The molecule has 0 aromatic heterocycles. The number of hydrogen-bond donors (Lipinski definition) is 2. The van der Waals surface area contributed by atoms with E-state index in [1.165, 1.54) is 37.4 Å². The summed E-state index contributed by atoms with van der Waals surface area (Å²) in [7, 11) is -0.928. The Hall–Kier alpha value is -2.90. The summed E-state index contributed by atoms with van der Waals surface area (Å²) in [5, 5.41) is 1.26. The molecule has 0 spiro atoms. The number of carbonyl (C=O) groups is 1. The lowest BCUT2D eigenvalue weighted by molar-refractivity contribution is 0.1000. The maximum atomic E-state index is 14.3. The van der Waals surface area contributed by atoms with Crippen LogP contribution in [0.5, 0.6) is 5.75 Å². The summed E-state index contributed by atoms with van der Waals surface area (Å²) in [5.74, 6) is -0.921. The van der Waals surface area contributed by atoms with Crippen molar-refractivity contribution in [3.8, 4) is 5.75 Å². The number of carbonyl (C=O) groups excluding carboxylic acids is 1. The zero-order chi connectivity index (χ0) is 23.5. The van der Waals surface area contributed by atoms with Crippen LogP contribution in [0.3, 0.4) is 0 Å². The maximum Gasteiger partial charge on any atom is 0.301 e. The summed E-state index contributed by atoms with van der Waals surface area (Å²) >= 11 is 1.86. The van der Waals surface area contributed by atoms with E-state index in [2.05, 4.69) is 4.72 Å². The van der Waals surface area contributed by atoms with Gasteiger partial charge >= 0.3 is 10.2 Å². The van der Waals surface area contributed by atoms with E-state index in [-0.39, 0.29) is 17.0 Å². The van der Waals surface area contributed by atoms with Gasteiger partial charge < -0.3 is 10.6 Å². The van der Waals surface area contributed by atoms with Crippen molar-refractivity contribution in [2.24, 2.45) is 5.73 Å². The van der Waals surface area contributed by atoms with Crippen molar-refractivity contribution in [2.75, 3.05) is 23.9 Å². The second-order valence-corrected chi connectivity index (χ2v) is 9.83. The van der Waals surface area contributed by atoms with Crippen molar-refractivity contribution < 1.29 is 22.4 Å². The Morgan fingerprint density at radius 2 is 1.78 bits per heavy atom. The Morgan fingerprint density at radius 3 is 2.44 bits per heavy atom. The summed E-state index contributed by atoms with van der Waals surface area (Å²) in [6.07, 6.45) is 0. The number of amides is 1. The first kappa shape index (κ1) is 23.8. The van der Waals surface area contributed by atoms with Gasteiger partial charge in [-0.05, 0) is 59.0 Å². The van der Waals surface area contributed by atoms with Gasteiger partial charge in [-0.2, -0.15) is 17.8 Å². The molecule has 3 aromatic rings. The van der Waals surface area contributed by atoms with Gasteiger partial charge in [-0.1, -0.05) is 18.2 Å². The van der Waals surface area contributed by atoms with Gasteiger partial charge in [0.15, 0.2) is 5.75 Å². The van der Waals surface area contributed by atoms with Gasteiger partial charge in [-0.3, -0.25) is 9.52 Å². The van der Waals surface area contributed by atoms with Crippen LogP contribution in [0.1, 0.15) is 10.4 Å². The molecule has 0 fully saturated rings. The summed E-state index contributed by atoms with van der Waals surface area (Å²) < 4.78 is 42.5. The fourth-order valence-electron chi connectivity index (χ4n) is 2.67. The van der Waals surface area contributed by atoms with Crippen LogP contribution >= 0.6 is 22.6 Å². The van der Waals surface area contributed by atoms with Crippen LogP contribution in [0, 0.1) is 9.39 Å². The monoisotopic (exact) mass is 570 g/mol. The van der Waals surface area contributed by atoms with Gasteiger partial charge in [0.05, 0.1) is 22.6 Å². The highest BCUT2D eigenvalue weighted by molar-refractivity contribution is 14.1. The fraction of sp³-hybridized carbons (Fsp3) is 0.0952. The minimum absolute atomic E-state index is 0.163. The van der Waals surface area contributed by atoms with E-state index in [1.807, 2.05) is 22.6 Å². The highest BCUT2D eigenvalue weighted by Crippen LogP contribution is 2.32. The van der Waals surface area contributed by atoms with Crippen molar-refractivity contribution in [1.82, 2.24) is 4.31 Å². The Labute approximate surface area is 199 Å². The molecule has 0 aliphatic carbocycles. The Balaban J connectivity index is 2.05. The van der Waals surface area contributed by atoms with E-state index in [0.717, 1.165) is 4.31 Å². The number of benzene rings is 3. The van der Waals surface area contributed by atoms with Crippen LogP contribution in [0.4, 0.5) is 21.5 Å². The first-order valence-corrected chi connectivity index (χ1v) is 11.7. The molecule has 1 amide bonds. The van der Waals surface area contributed by atoms with Gasteiger partial charge in [0.2, 0.25) is 0 Å². The third kappa shape index (κ3) is 5.47. The molecule has 11 heteroatoms. The first-order chi connectivity index (χ1) is 15.1. The predicted octanol–water partition coefficient (Wildman–Crippen LogP) is 3.88. The lowest BCUT2D eigenvalue weighted by atomic mass is 10.1. The van der Waals surface area contributed by atoms with Crippen LogP contribution in [0.15, 0.2) is 66.7 Å². The average molecular weight is 570 g/mol. The Morgan fingerprint density at radius 1 is 1.06 bits per heavy atom. The quantitative estimate of drug-likeness (QED) is 0.316. The van der Waals surface area contributed by atoms with Crippen LogP contribution in [-0.2, 0) is 10.2 Å². The second kappa shape index (κ2) is 9.71. The van der Waals surface area contributed by atoms with Gasteiger partial charge in [-0.25, -0.2) is 4.39 Å². The van der Waals surface area contributed by atoms with Crippen LogP contribution in [0.25, 0.3) is 0 Å². The van der Waals surface area contributed by atoms with Crippen molar-refractivity contribution in [3.05, 3.63) is 81.7 Å². The topological polar surface area (TPSA) is 105 Å². The number of rotatable bonds is 8. The first-order valence-electron chi connectivity index (χ1n) is 9.21. The Bertz CT molecular complexity index is 1250. The highest BCUT2D eigenvalue weighted by atomic mass is 127. The SMILES string of the molecule is CN(C)S(=O)(=O)Nc1cccc(ON(c2ccc(I)c(F)c2)c2ccccc2C(N)=O)c1. The molecule has 3 rings (SSSR count). The van der Waals surface area contributed by atoms with Crippen LogP contribution in [-0.4, -0.2) is 32.7 Å². The normalized spacial score (nSPS) is 11.3. The fourth-order valence-corrected chi connectivity index (χ4v) is 3.62. The summed E-state index contributed by atoms with van der Waals surface area (Å²) in [6.45, 7) is 0. The number of para-hydroxylation sites is 1. The van der Waals surface area contributed by atoms with Crippen molar-refractivity contribution >= 4 is 55.8 Å². The molecule has 0 bridgehead atoms. The van der Waals surface area contributed by atoms with E-state index in [4.69, 9.17) is 10.6 Å². The molecular formula is C21H20FIN4O4S. The predicted molar refractivity (Wildman–Crippen MR) is 130 cm³/mol. The molecule has 0 radical (unpaired) electrons. The number of halogens is 2. The van der Waals surface area contributed by atoms with E-state index in [0.29, 0.717) is 14.9 Å². The summed E-state index contributed by atoms with van der Waals surface area (Å²) in [5.41, 5.74) is 6.54.